The van der Waals surface area contributed by atoms with Crippen LogP contribution in [0.4, 0.5) is 5.82 Å². The molecule has 1 aromatic carbocycles. The lowest BCUT2D eigenvalue weighted by atomic mass is 10.2. The number of anilines is 1. The van der Waals surface area contributed by atoms with Crippen LogP contribution in [0, 0.1) is 0 Å². The fourth-order valence-electron chi connectivity index (χ4n) is 1.45. The molecule has 0 amide bonds. The first-order valence-corrected chi connectivity index (χ1v) is 5.32. The number of rotatable bonds is 4. The van der Waals surface area contributed by atoms with Crippen molar-refractivity contribution >= 4 is 11.8 Å². The lowest BCUT2D eigenvalue weighted by molar-refractivity contribution is 0.0697. The number of nitrogen functional groups attached to an aromatic ring is 1. The van der Waals surface area contributed by atoms with E-state index in [0.717, 1.165) is 5.56 Å². The van der Waals surface area contributed by atoms with E-state index in [2.05, 4.69) is 4.98 Å². The van der Waals surface area contributed by atoms with Gasteiger partial charge in [-0.3, -0.25) is 0 Å². The van der Waals surface area contributed by atoms with E-state index in [-0.39, 0.29) is 11.4 Å². The standard InChI is InChI=1S/C13H12N2O3/c14-12-11(13(16)17)6-10(7-15-12)18-8-9-4-2-1-3-5-9/h1-7H,8H2,(H2,14,15)(H,16,17). The van der Waals surface area contributed by atoms with Gasteiger partial charge in [0.05, 0.1) is 6.20 Å². The van der Waals surface area contributed by atoms with Gasteiger partial charge in [-0.15, -0.1) is 0 Å². The van der Waals surface area contributed by atoms with Crippen LogP contribution in [-0.4, -0.2) is 16.1 Å². The number of aromatic nitrogens is 1. The summed E-state index contributed by atoms with van der Waals surface area (Å²) in [5.74, 6) is -0.759. The summed E-state index contributed by atoms with van der Waals surface area (Å²) in [7, 11) is 0. The molecule has 0 bridgehead atoms. The Kier molecular flexibility index (Phi) is 3.43. The molecule has 0 saturated carbocycles. The van der Waals surface area contributed by atoms with Gasteiger partial charge in [-0.25, -0.2) is 9.78 Å². The molecule has 0 unspecified atom stereocenters. The zero-order chi connectivity index (χ0) is 13.0. The number of hydrogen-bond donors (Lipinski definition) is 2. The fraction of sp³-hybridized carbons (Fsp3) is 0.0769. The van der Waals surface area contributed by atoms with Crippen LogP contribution < -0.4 is 10.5 Å². The summed E-state index contributed by atoms with van der Waals surface area (Å²) in [6.45, 7) is 0.353. The molecule has 2 aromatic rings. The van der Waals surface area contributed by atoms with Crippen LogP contribution in [0.2, 0.25) is 0 Å². The molecule has 0 radical (unpaired) electrons. The van der Waals surface area contributed by atoms with Gasteiger partial charge in [-0.2, -0.15) is 0 Å². The first kappa shape index (κ1) is 11.9. The molecule has 18 heavy (non-hydrogen) atoms. The summed E-state index contributed by atoms with van der Waals surface area (Å²) in [5, 5.41) is 8.90. The number of nitrogens with two attached hydrogens (primary N) is 1. The second-order valence-electron chi connectivity index (χ2n) is 3.68. The summed E-state index contributed by atoms with van der Waals surface area (Å²) in [6, 6.07) is 10.9. The molecule has 5 nitrogen and oxygen atoms in total. The van der Waals surface area contributed by atoms with Crippen molar-refractivity contribution in [1.82, 2.24) is 4.98 Å². The normalized spacial score (nSPS) is 10.0. The Morgan fingerprint density at radius 2 is 2.06 bits per heavy atom. The molecule has 0 aliphatic heterocycles. The van der Waals surface area contributed by atoms with Crippen molar-refractivity contribution in [2.75, 3.05) is 5.73 Å². The number of hydrogen-bond acceptors (Lipinski definition) is 4. The fourth-order valence-corrected chi connectivity index (χ4v) is 1.45. The smallest absolute Gasteiger partial charge is 0.339 e. The minimum atomic E-state index is -1.12. The summed E-state index contributed by atoms with van der Waals surface area (Å²) in [4.78, 5) is 14.7. The monoisotopic (exact) mass is 244 g/mol. The number of aromatic carboxylic acids is 1. The summed E-state index contributed by atoms with van der Waals surface area (Å²) in [5.41, 5.74) is 6.39. The van der Waals surface area contributed by atoms with Crippen molar-refractivity contribution in [2.24, 2.45) is 0 Å². The zero-order valence-electron chi connectivity index (χ0n) is 9.54. The molecule has 5 heteroatoms. The molecule has 0 fully saturated rings. The van der Waals surface area contributed by atoms with Crippen molar-refractivity contribution in [3.8, 4) is 5.75 Å². The van der Waals surface area contributed by atoms with E-state index >= 15 is 0 Å². The van der Waals surface area contributed by atoms with Gasteiger partial charge >= 0.3 is 5.97 Å². The van der Waals surface area contributed by atoms with Crippen LogP contribution in [0.5, 0.6) is 5.75 Å². The predicted octanol–water partition coefficient (Wildman–Crippen LogP) is 1.94. The van der Waals surface area contributed by atoms with Gasteiger partial charge in [-0.1, -0.05) is 30.3 Å². The zero-order valence-corrected chi connectivity index (χ0v) is 9.54. The highest BCUT2D eigenvalue weighted by Crippen LogP contribution is 2.17. The molecule has 0 atom stereocenters. The minimum Gasteiger partial charge on any atom is -0.487 e. The molecule has 1 aromatic heterocycles. The maximum atomic E-state index is 10.9. The van der Waals surface area contributed by atoms with E-state index in [4.69, 9.17) is 15.6 Å². The Morgan fingerprint density at radius 1 is 1.33 bits per heavy atom. The van der Waals surface area contributed by atoms with Crippen LogP contribution in [0.25, 0.3) is 0 Å². The van der Waals surface area contributed by atoms with Gasteiger partial charge in [-0.05, 0) is 11.6 Å². The van der Waals surface area contributed by atoms with Gasteiger partial charge in [0, 0.05) is 0 Å². The van der Waals surface area contributed by atoms with E-state index in [1.807, 2.05) is 30.3 Å². The Hall–Kier alpha value is -2.56. The highest BCUT2D eigenvalue weighted by atomic mass is 16.5. The molecule has 3 N–H and O–H groups in total. The Bertz CT molecular complexity index is 555. The molecule has 0 aliphatic carbocycles. The van der Waals surface area contributed by atoms with Crippen molar-refractivity contribution in [3.63, 3.8) is 0 Å². The maximum Gasteiger partial charge on any atom is 0.339 e. The van der Waals surface area contributed by atoms with Gasteiger partial charge in [0.15, 0.2) is 0 Å². The summed E-state index contributed by atoms with van der Waals surface area (Å²) in [6.07, 6.45) is 1.41. The second-order valence-corrected chi connectivity index (χ2v) is 3.68. The number of carboxylic acids is 1. The number of carbonyl (C=O) groups is 1. The highest BCUT2D eigenvalue weighted by Gasteiger charge is 2.10. The summed E-state index contributed by atoms with van der Waals surface area (Å²) < 4.78 is 5.46. The molecular weight excluding hydrogens is 232 g/mol. The number of pyridine rings is 1. The first-order chi connectivity index (χ1) is 8.66. The summed E-state index contributed by atoms with van der Waals surface area (Å²) >= 11 is 0. The van der Waals surface area contributed by atoms with Crippen molar-refractivity contribution in [1.29, 1.82) is 0 Å². The Balaban J connectivity index is 2.11. The molecule has 0 aliphatic rings. The van der Waals surface area contributed by atoms with E-state index in [1.165, 1.54) is 12.3 Å². The second kappa shape index (κ2) is 5.18. The van der Waals surface area contributed by atoms with Crippen LogP contribution in [0.15, 0.2) is 42.6 Å². The van der Waals surface area contributed by atoms with Crippen LogP contribution >= 0.6 is 0 Å². The van der Waals surface area contributed by atoms with Crippen LogP contribution in [0.3, 0.4) is 0 Å². The van der Waals surface area contributed by atoms with Gasteiger partial charge in [0.2, 0.25) is 0 Å². The average molecular weight is 244 g/mol. The number of carboxylic acid groups (broad SMARTS) is 1. The topological polar surface area (TPSA) is 85.4 Å². The minimum absolute atomic E-state index is 0.0189. The third-order valence-corrected chi connectivity index (χ3v) is 2.37. The van der Waals surface area contributed by atoms with Gasteiger partial charge < -0.3 is 15.6 Å². The SMILES string of the molecule is Nc1ncc(OCc2ccccc2)cc1C(=O)O. The van der Waals surface area contributed by atoms with E-state index in [9.17, 15) is 4.79 Å². The molecule has 0 spiro atoms. The maximum absolute atomic E-state index is 10.9. The van der Waals surface area contributed by atoms with E-state index in [1.54, 1.807) is 0 Å². The van der Waals surface area contributed by atoms with Crippen molar-refractivity contribution in [3.05, 3.63) is 53.7 Å². The quantitative estimate of drug-likeness (QED) is 0.858. The van der Waals surface area contributed by atoms with Crippen LogP contribution in [0.1, 0.15) is 15.9 Å². The lowest BCUT2D eigenvalue weighted by Gasteiger charge is -2.07. The number of benzene rings is 1. The average Bonchev–Trinajstić information content (AvgIpc) is 2.38. The van der Waals surface area contributed by atoms with Gasteiger partial charge in [0.1, 0.15) is 23.7 Å². The number of ether oxygens (including phenoxy) is 1. The third-order valence-electron chi connectivity index (χ3n) is 2.37. The molecular formula is C13H12N2O3. The Morgan fingerprint density at radius 3 is 2.72 bits per heavy atom. The largest absolute Gasteiger partial charge is 0.487 e. The van der Waals surface area contributed by atoms with Crippen molar-refractivity contribution < 1.29 is 14.6 Å². The van der Waals surface area contributed by atoms with E-state index < -0.39 is 5.97 Å². The molecule has 2 rings (SSSR count). The lowest BCUT2D eigenvalue weighted by Crippen LogP contribution is -2.05. The van der Waals surface area contributed by atoms with E-state index in [0.29, 0.717) is 12.4 Å². The molecule has 0 saturated heterocycles. The van der Waals surface area contributed by atoms with Crippen molar-refractivity contribution in [2.45, 2.75) is 6.61 Å². The molecule has 1 heterocycles. The van der Waals surface area contributed by atoms with Crippen LogP contribution in [-0.2, 0) is 6.61 Å². The first-order valence-electron chi connectivity index (χ1n) is 5.32. The predicted molar refractivity (Wildman–Crippen MR) is 66.4 cm³/mol. The molecule has 92 valence electrons. The third kappa shape index (κ3) is 2.76. The van der Waals surface area contributed by atoms with Gasteiger partial charge in [0.25, 0.3) is 0 Å². The Labute approximate surface area is 104 Å². The highest BCUT2D eigenvalue weighted by molar-refractivity contribution is 5.92. The number of nitrogens with zero attached hydrogens (tertiary/aromatic N) is 1.